The van der Waals surface area contributed by atoms with E-state index in [9.17, 15) is 9.59 Å². The van der Waals surface area contributed by atoms with E-state index in [4.69, 9.17) is 0 Å². The van der Waals surface area contributed by atoms with Crippen LogP contribution in [0.25, 0.3) is 0 Å². The first-order chi connectivity index (χ1) is 10.5. The maximum Gasteiger partial charge on any atom is 0.291 e. The molecule has 0 saturated heterocycles. The van der Waals surface area contributed by atoms with E-state index < -0.39 is 0 Å². The van der Waals surface area contributed by atoms with Crippen LogP contribution in [0.1, 0.15) is 35.8 Å². The van der Waals surface area contributed by atoms with Crippen molar-refractivity contribution in [2.75, 3.05) is 7.05 Å². The monoisotopic (exact) mass is 297 g/mol. The van der Waals surface area contributed by atoms with Crippen LogP contribution in [-0.2, 0) is 11.3 Å². The van der Waals surface area contributed by atoms with Gasteiger partial charge in [-0.2, -0.15) is 4.57 Å². The van der Waals surface area contributed by atoms with Crippen molar-refractivity contribution in [2.45, 2.75) is 26.4 Å². The second-order valence-corrected chi connectivity index (χ2v) is 5.45. The molecule has 0 fully saturated rings. The summed E-state index contributed by atoms with van der Waals surface area (Å²) in [5.74, 6) is 0.00111. The van der Waals surface area contributed by atoms with E-state index in [0.717, 1.165) is 5.56 Å². The van der Waals surface area contributed by atoms with Gasteiger partial charge < -0.3 is 4.90 Å². The van der Waals surface area contributed by atoms with E-state index in [-0.39, 0.29) is 17.7 Å². The van der Waals surface area contributed by atoms with Crippen LogP contribution < -0.4 is 4.57 Å². The average molecular weight is 297 g/mol. The lowest BCUT2D eigenvalue weighted by molar-refractivity contribution is -0.706. The number of ketones is 1. The van der Waals surface area contributed by atoms with Crippen LogP contribution in [0.2, 0.25) is 0 Å². The molecule has 1 atom stereocenters. The van der Waals surface area contributed by atoms with E-state index in [1.165, 1.54) is 6.92 Å². The van der Waals surface area contributed by atoms with Crippen LogP contribution >= 0.6 is 0 Å². The molecule has 4 heteroatoms. The highest BCUT2D eigenvalue weighted by Gasteiger charge is 2.25. The van der Waals surface area contributed by atoms with Crippen molar-refractivity contribution in [3.8, 4) is 0 Å². The number of pyridine rings is 1. The topological polar surface area (TPSA) is 41.3 Å². The second-order valence-electron chi connectivity index (χ2n) is 5.45. The summed E-state index contributed by atoms with van der Waals surface area (Å²) in [4.78, 5) is 25.7. The number of carbonyl (C=O) groups excluding carboxylic acids is 2. The zero-order valence-corrected chi connectivity index (χ0v) is 13.2. The Hall–Kier alpha value is -2.49. The summed E-state index contributed by atoms with van der Waals surface area (Å²) in [6.07, 6.45) is 3.53. The summed E-state index contributed by atoms with van der Waals surface area (Å²) < 4.78 is 1.78. The predicted molar refractivity (Wildman–Crippen MR) is 84.3 cm³/mol. The van der Waals surface area contributed by atoms with Crippen molar-refractivity contribution in [1.82, 2.24) is 4.90 Å². The summed E-state index contributed by atoms with van der Waals surface area (Å²) in [5.41, 5.74) is 1.70. The summed E-state index contributed by atoms with van der Waals surface area (Å²) >= 11 is 0. The van der Waals surface area contributed by atoms with E-state index in [2.05, 4.69) is 0 Å². The minimum atomic E-state index is -0.354. The van der Waals surface area contributed by atoms with E-state index in [0.29, 0.717) is 12.1 Å². The molecule has 2 rings (SSSR count). The van der Waals surface area contributed by atoms with Gasteiger partial charge in [0.2, 0.25) is 6.04 Å². The maximum absolute atomic E-state index is 12.5. The van der Waals surface area contributed by atoms with Crippen molar-refractivity contribution in [3.05, 3.63) is 66.0 Å². The quantitative estimate of drug-likeness (QED) is 0.628. The smallest absolute Gasteiger partial charge is 0.291 e. The lowest BCUT2D eigenvalue weighted by atomic mass is 10.2. The summed E-state index contributed by atoms with van der Waals surface area (Å²) in [6, 6.07) is 13.1. The fraction of sp³-hybridized carbons (Fsp3) is 0.278. The molecule has 0 radical (unpaired) electrons. The van der Waals surface area contributed by atoms with Gasteiger partial charge in [-0.3, -0.25) is 9.59 Å². The minimum absolute atomic E-state index is 0.00774. The molecule has 1 amide bonds. The van der Waals surface area contributed by atoms with Gasteiger partial charge in [-0.1, -0.05) is 30.3 Å². The number of benzene rings is 1. The maximum atomic E-state index is 12.5. The number of carbonyl (C=O) groups is 2. The van der Waals surface area contributed by atoms with Crippen LogP contribution in [0.4, 0.5) is 0 Å². The van der Waals surface area contributed by atoms with Gasteiger partial charge in [0, 0.05) is 26.6 Å². The fourth-order valence-electron chi connectivity index (χ4n) is 2.32. The number of rotatable bonds is 5. The normalized spacial score (nSPS) is 11.8. The molecule has 0 unspecified atom stereocenters. The van der Waals surface area contributed by atoms with Gasteiger partial charge in [-0.05, 0) is 18.6 Å². The van der Waals surface area contributed by atoms with Gasteiger partial charge in [0.05, 0.1) is 5.56 Å². The summed E-state index contributed by atoms with van der Waals surface area (Å²) in [6.45, 7) is 3.93. The molecule has 1 aromatic carbocycles. The third kappa shape index (κ3) is 3.79. The van der Waals surface area contributed by atoms with Crippen molar-refractivity contribution in [2.24, 2.45) is 0 Å². The average Bonchev–Trinajstić information content (AvgIpc) is 2.54. The number of amides is 1. The van der Waals surface area contributed by atoms with Gasteiger partial charge >= 0.3 is 0 Å². The first-order valence-electron chi connectivity index (χ1n) is 7.29. The second kappa shape index (κ2) is 6.98. The molecule has 0 N–H and O–H groups in total. The molecule has 0 saturated carbocycles. The molecule has 1 aromatic heterocycles. The zero-order chi connectivity index (χ0) is 16.1. The van der Waals surface area contributed by atoms with Crippen molar-refractivity contribution < 1.29 is 14.2 Å². The van der Waals surface area contributed by atoms with Crippen LogP contribution in [0.15, 0.2) is 54.9 Å². The highest BCUT2D eigenvalue weighted by molar-refractivity contribution is 5.93. The molecule has 114 valence electrons. The van der Waals surface area contributed by atoms with Crippen molar-refractivity contribution in [3.63, 3.8) is 0 Å². The zero-order valence-electron chi connectivity index (χ0n) is 13.2. The fourth-order valence-corrected chi connectivity index (χ4v) is 2.32. The van der Waals surface area contributed by atoms with Crippen LogP contribution in [-0.4, -0.2) is 23.6 Å². The molecule has 0 aliphatic rings. The molecular weight excluding hydrogens is 276 g/mol. The molecule has 4 nitrogen and oxygen atoms in total. The summed E-state index contributed by atoms with van der Waals surface area (Å²) in [5, 5.41) is 0. The molecule has 0 bridgehead atoms. The summed E-state index contributed by atoms with van der Waals surface area (Å²) in [7, 11) is 1.79. The lowest BCUT2D eigenvalue weighted by Crippen LogP contribution is -2.47. The molecule has 22 heavy (non-hydrogen) atoms. The highest BCUT2D eigenvalue weighted by atomic mass is 16.2. The Labute approximate surface area is 131 Å². The minimum Gasteiger partial charge on any atom is -0.336 e. The molecular formula is C18H21N2O2+. The van der Waals surface area contributed by atoms with Crippen LogP contribution in [0.3, 0.4) is 0 Å². The molecule has 2 aromatic rings. The van der Waals surface area contributed by atoms with Crippen molar-refractivity contribution in [1.29, 1.82) is 0 Å². The standard InChI is InChI=1S/C18H21N2O2/c1-14(20-11-7-10-17(13-20)15(2)21)18(22)19(3)12-16-8-5-4-6-9-16/h4-11,13-14H,12H2,1-3H3/q+1/t14-/m1/s1. The first-order valence-corrected chi connectivity index (χ1v) is 7.29. The Kier molecular flexibility index (Phi) is 5.04. The number of hydrogen-bond acceptors (Lipinski definition) is 2. The largest absolute Gasteiger partial charge is 0.336 e. The predicted octanol–water partition coefficient (Wildman–Crippen LogP) is 2.40. The lowest BCUT2D eigenvalue weighted by Gasteiger charge is -2.19. The molecule has 0 aliphatic heterocycles. The Morgan fingerprint density at radius 1 is 1.14 bits per heavy atom. The number of aromatic nitrogens is 1. The Balaban J connectivity index is 2.11. The Morgan fingerprint density at radius 3 is 2.45 bits per heavy atom. The molecule has 0 aliphatic carbocycles. The van der Waals surface area contributed by atoms with Gasteiger partial charge in [-0.25, -0.2) is 0 Å². The first kappa shape index (κ1) is 15.9. The van der Waals surface area contributed by atoms with E-state index in [1.807, 2.05) is 43.5 Å². The third-order valence-corrected chi connectivity index (χ3v) is 3.67. The molecule has 0 spiro atoms. The van der Waals surface area contributed by atoms with Crippen LogP contribution in [0.5, 0.6) is 0 Å². The van der Waals surface area contributed by atoms with Gasteiger partial charge in [0.1, 0.15) is 0 Å². The third-order valence-electron chi connectivity index (χ3n) is 3.67. The number of likely N-dealkylation sites (N-methyl/N-ethyl adjacent to an activating group) is 1. The number of hydrogen-bond donors (Lipinski definition) is 0. The van der Waals surface area contributed by atoms with E-state index >= 15 is 0 Å². The SMILES string of the molecule is CC(=O)c1ccc[n+]([C@H](C)C(=O)N(C)Cc2ccccc2)c1. The van der Waals surface area contributed by atoms with Crippen molar-refractivity contribution >= 4 is 11.7 Å². The van der Waals surface area contributed by atoms with Gasteiger partial charge in [0.25, 0.3) is 5.91 Å². The van der Waals surface area contributed by atoms with Crippen LogP contribution in [0, 0.1) is 0 Å². The highest BCUT2D eigenvalue weighted by Crippen LogP contribution is 2.08. The van der Waals surface area contributed by atoms with Gasteiger partial charge in [0.15, 0.2) is 18.2 Å². The Morgan fingerprint density at radius 2 is 1.82 bits per heavy atom. The van der Waals surface area contributed by atoms with Gasteiger partial charge in [-0.15, -0.1) is 0 Å². The number of nitrogens with zero attached hydrogens (tertiary/aromatic N) is 2. The number of Topliss-reactive ketones (excluding diaryl/α,β-unsaturated/α-hetero) is 1. The molecule has 1 heterocycles. The Bertz CT molecular complexity index is 668. The van der Waals surface area contributed by atoms with E-state index in [1.54, 1.807) is 34.8 Å².